The van der Waals surface area contributed by atoms with Gasteiger partial charge in [0.1, 0.15) is 11.6 Å². The standard InChI is InChI=1S/C20H22F3N5O4S/c21-20(22,23)19-25-24-17-6-7-18(26-28(17)19)27-10-8-15(9-11-27)14-2-4-16(5-3-14)32-12-1-13-33(29,30)31/h2-7,15H,1,8-13H2,(H,29,30,31). The van der Waals surface area contributed by atoms with Gasteiger partial charge in [-0.25, -0.2) is 0 Å². The highest BCUT2D eigenvalue weighted by Gasteiger charge is 2.38. The van der Waals surface area contributed by atoms with Crippen LogP contribution in [0.1, 0.15) is 36.6 Å². The van der Waals surface area contributed by atoms with Crippen LogP contribution in [-0.4, -0.2) is 58.2 Å². The van der Waals surface area contributed by atoms with E-state index in [1.54, 1.807) is 6.07 Å². The second-order valence-electron chi connectivity index (χ2n) is 7.80. The van der Waals surface area contributed by atoms with Gasteiger partial charge in [0.05, 0.1) is 12.4 Å². The van der Waals surface area contributed by atoms with Gasteiger partial charge in [0, 0.05) is 13.1 Å². The fourth-order valence-electron chi connectivity index (χ4n) is 3.83. The van der Waals surface area contributed by atoms with Gasteiger partial charge in [0.25, 0.3) is 15.9 Å². The van der Waals surface area contributed by atoms with Crippen LogP contribution >= 0.6 is 0 Å². The molecule has 0 bridgehead atoms. The Morgan fingerprint density at radius 2 is 1.76 bits per heavy atom. The zero-order valence-corrected chi connectivity index (χ0v) is 18.3. The molecule has 1 aliphatic rings. The fourth-order valence-corrected chi connectivity index (χ4v) is 4.32. The first kappa shape index (κ1) is 23.2. The molecule has 1 aliphatic heterocycles. The number of fused-ring (bicyclic) bond motifs is 1. The summed E-state index contributed by atoms with van der Waals surface area (Å²) in [6.45, 7) is 1.46. The van der Waals surface area contributed by atoms with Crippen molar-refractivity contribution in [1.82, 2.24) is 19.8 Å². The summed E-state index contributed by atoms with van der Waals surface area (Å²) >= 11 is 0. The maximum atomic E-state index is 13.1. The Hall–Kier alpha value is -2.93. The van der Waals surface area contributed by atoms with Gasteiger partial charge < -0.3 is 9.64 Å². The normalized spacial score (nSPS) is 15.8. The van der Waals surface area contributed by atoms with Crippen molar-refractivity contribution in [2.45, 2.75) is 31.4 Å². The molecule has 0 atom stereocenters. The van der Waals surface area contributed by atoms with E-state index in [-0.39, 0.29) is 24.4 Å². The zero-order chi connectivity index (χ0) is 23.6. The van der Waals surface area contributed by atoms with Crippen LogP contribution in [0.15, 0.2) is 36.4 Å². The monoisotopic (exact) mass is 485 g/mol. The summed E-state index contributed by atoms with van der Waals surface area (Å²) in [6.07, 6.45) is -2.83. The molecule has 0 spiro atoms. The van der Waals surface area contributed by atoms with Crippen molar-refractivity contribution in [3.63, 3.8) is 0 Å². The van der Waals surface area contributed by atoms with E-state index in [1.165, 1.54) is 6.07 Å². The molecule has 0 amide bonds. The Labute approximate surface area is 187 Å². The van der Waals surface area contributed by atoms with Crippen molar-refractivity contribution in [2.75, 3.05) is 30.3 Å². The van der Waals surface area contributed by atoms with E-state index in [2.05, 4.69) is 15.3 Å². The first-order valence-electron chi connectivity index (χ1n) is 10.3. The van der Waals surface area contributed by atoms with E-state index in [9.17, 15) is 21.6 Å². The molecule has 3 aromatic rings. The molecular weight excluding hydrogens is 463 g/mol. The quantitative estimate of drug-likeness (QED) is 0.401. The lowest BCUT2D eigenvalue weighted by Crippen LogP contribution is -2.34. The lowest BCUT2D eigenvalue weighted by atomic mass is 9.89. The molecule has 33 heavy (non-hydrogen) atoms. The van der Waals surface area contributed by atoms with Crippen molar-refractivity contribution in [3.8, 4) is 5.75 Å². The number of nitrogens with zero attached hydrogens (tertiary/aromatic N) is 5. The number of alkyl halides is 3. The number of halogens is 3. The van der Waals surface area contributed by atoms with Crippen LogP contribution in [0.4, 0.5) is 19.0 Å². The molecule has 1 fully saturated rings. The van der Waals surface area contributed by atoms with E-state index in [4.69, 9.17) is 9.29 Å². The number of hydrogen-bond donors (Lipinski definition) is 1. The molecule has 1 saturated heterocycles. The van der Waals surface area contributed by atoms with E-state index < -0.39 is 22.1 Å². The molecule has 178 valence electrons. The minimum absolute atomic E-state index is 0.0428. The summed E-state index contributed by atoms with van der Waals surface area (Å²) in [5.74, 6) is -0.146. The molecule has 1 N–H and O–H groups in total. The number of piperidine rings is 1. The molecule has 13 heteroatoms. The summed E-state index contributed by atoms with van der Waals surface area (Å²) in [5, 5.41) is 10.8. The largest absolute Gasteiger partial charge is 0.494 e. The summed E-state index contributed by atoms with van der Waals surface area (Å²) in [4.78, 5) is 1.95. The summed E-state index contributed by atoms with van der Waals surface area (Å²) < 4.78 is 75.7. The molecule has 2 aromatic heterocycles. The topological polar surface area (TPSA) is 110 Å². The van der Waals surface area contributed by atoms with Crippen LogP contribution in [0.3, 0.4) is 0 Å². The minimum atomic E-state index is -4.63. The average molecular weight is 485 g/mol. The Morgan fingerprint density at radius 1 is 1.06 bits per heavy atom. The molecule has 0 aliphatic carbocycles. The van der Waals surface area contributed by atoms with Crippen molar-refractivity contribution < 1.29 is 30.9 Å². The number of benzene rings is 1. The van der Waals surface area contributed by atoms with Crippen molar-refractivity contribution in [2.24, 2.45) is 0 Å². The van der Waals surface area contributed by atoms with Crippen LogP contribution in [0.5, 0.6) is 5.75 Å². The van der Waals surface area contributed by atoms with Gasteiger partial charge in [-0.1, -0.05) is 12.1 Å². The highest BCUT2D eigenvalue weighted by molar-refractivity contribution is 7.85. The maximum Gasteiger partial charge on any atom is 0.453 e. The lowest BCUT2D eigenvalue weighted by molar-refractivity contribution is -0.146. The van der Waals surface area contributed by atoms with Crippen molar-refractivity contribution >= 4 is 21.6 Å². The second kappa shape index (κ2) is 9.14. The third-order valence-corrected chi connectivity index (χ3v) is 6.29. The van der Waals surface area contributed by atoms with Crippen molar-refractivity contribution in [1.29, 1.82) is 0 Å². The minimum Gasteiger partial charge on any atom is -0.494 e. The smallest absolute Gasteiger partial charge is 0.453 e. The number of hydrogen-bond acceptors (Lipinski definition) is 7. The molecule has 9 nitrogen and oxygen atoms in total. The highest BCUT2D eigenvalue weighted by Crippen LogP contribution is 2.32. The number of ether oxygens (including phenoxy) is 1. The van der Waals surface area contributed by atoms with Crippen LogP contribution in [0.2, 0.25) is 0 Å². The Balaban J connectivity index is 1.34. The van der Waals surface area contributed by atoms with Gasteiger partial charge in [0.2, 0.25) is 0 Å². The van der Waals surface area contributed by atoms with Gasteiger partial charge in [-0.3, -0.25) is 4.55 Å². The van der Waals surface area contributed by atoms with Gasteiger partial charge in [0.15, 0.2) is 5.65 Å². The molecule has 3 heterocycles. The number of aromatic nitrogens is 4. The fraction of sp³-hybridized carbons (Fsp3) is 0.450. The Kier molecular flexibility index (Phi) is 6.43. The number of anilines is 1. The third-order valence-electron chi connectivity index (χ3n) is 5.49. The molecule has 4 rings (SSSR count). The second-order valence-corrected chi connectivity index (χ2v) is 9.37. The number of rotatable bonds is 7. The van der Waals surface area contributed by atoms with E-state index in [0.717, 1.165) is 22.9 Å². The van der Waals surface area contributed by atoms with Gasteiger partial charge in [-0.2, -0.15) is 26.1 Å². The molecular formula is C20H22F3N5O4S. The van der Waals surface area contributed by atoms with Gasteiger partial charge in [-0.05, 0) is 55.0 Å². The first-order valence-corrected chi connectivity index (χ1v) is 11.9. The molecule has 0 radical (unpaired) electrons. The van der Waals surface area contributed by atoms with E-state index >= 15 is 0 Å². The summed E-state index contributed by atoms with van der Waals surface area (Å²) in [7, 11) is -3.99. The van der Waals surface area contributed by atoms with E-state index in [1.807, 2.05) is 29.2 Å². The highest BCUT2D eigenvalue weighted by atomic mass is 32.2. The average Bonchev–Trinajstić information content (AvgIpc) is 3.21. The molecule has 0 unspecified atom stereocenters. The predicted molar refractivity (Wildman–Crippen MR) is 113 cm³/mol. The Bertz CT molecular complexity index is 1210. The first-order chi connectivity index (χ1) is 15.6. The zero-order valence-electron chi connectivity index (χ0n) is 17.4. The summed E-state index contributed by atoms with van der Waals surface area (Å²) in [6, 6.07) is 10.7. The van der Waals surface area contributed by atoms with Crippen LogP contribution in [0, 0.1) is 0 Å². The predicted octanol–water partition coefficient (Wildman–Crippen LogP) is 3.18. The van der Waals surface area contributed by atoms with Crippen molar-refractivity contribution in [3.05, 3.63) is 47.8 Å². The van der Waals surface area contributed by atoms with Gasteiger partial charge >= 0.3 is 6.18 Å². The molecule has 1 aromatic carbocycles. The van der Waals surface area contributed by atoms with Gasteiger partial charge in [-0.15, -0.1) is 15.3 Å². The van der Waals surface area contributed by atoms with Crippen LogP contribution in [-0.2, 0) is 16.3 Å². The Morgan fingerprint density at radius 3 is 2.39 bits per heavy atom. The van der Waals surface area contributed by atoms with Crippen LogP contribution < -0.4 is 9.64 Å². The van der Waals surface area contributed by atoms with Crippen LogP contribution in [0.25, 0.3) is 5.65 Å². The van der Waals surface area contributed by atoms with E-state index in [0.29, 0.717) is 30.6 Å². The third kappa shape index (κ3) is 5.71. The SMILES string of the molecule is O=S(=O)(O)CCCOc1ccc(C2CCN(c3ccc4nnc(C(F)(F)F)n4n3)CC2)cc1. The lowest BCUT2D eigenvalue weighted by Gasteiger charge is -2.33. The summed E-state index contributed by atoms with van der Waals surface area (Å²) in [5.41, 5.74) is 1.17. The molecule has 0 saturated carbocycles. The maximum absolute atomic E-state index is 13.1.